The molecule has 8 heteroatoms. The van der Waals surface area contributed by atoms with Crippen molar-refractivity contribution in [3.05, 3.63) is 104 Å². The van der Waals surface area contributed by atoms with E-state index in [-0.39, 0.29) is 23.4 Å². The Labute approximate surface area is 205 Å². The number of aryl methyl sites for hydroxylation is 2. The Kier molecular flexibility index (Phi) is 5.57. The average Bonchev–Trinajstić information content (AvgIpc) is 3.13. The Morgan fingerprint density at radius 1 is 1.03 bits per heavy atom. The van der Waals surface area contributed by atoms with Crippen LogP contribution in [0.5, 0.6) is 5.75 Å². The molecule has 2 heterocycles. The molecule has 1 aliphatic rings. The van der Waals surface area contributed by atoms with E-state index in [1.807, 2.05) is 32.0 Å². The molecule has 2 amide bonds. The number of fused-ring (bicyclic) bond motifs is 2. The molecule has 0 aliphatic carbocycles. The van der Waals surface area contributed by atoms with E-state index in [4.69, 9.17) is 26.5 Å². The molecular weight excluding hydrogens is 468 g/mol. The van der Waals surface area contributed by atoms with Crippen LogP contribution in [0.1, 0.15) is 38.9 Å². The van der Waals surface area contributed by atoms with Gasteiger partial charge >= 0.3 is 0 Å². The maximum Gasteiger partial charge on any atom is 0.295 e. The highest BCUT2D eigenvalue weighted by atomic mass is 35.5. The number of benzene rings is 3. The van der Waals surface area contributed by atoms with Gasteiger partial charge in [-0.3, -0.25) is 19.3 Å². The van der Waals surface area contributed by atoms with Crippen molar-refractivity contribution in [2.24, 2.45) is 5.73 Å². The first-order valence-electron chi connectivity index (χ1n) is 10.9. The maximum atomic E-state index is 13.7. The summed E-state index contributed by atoms with van der Waals surface area (Å²) in [4.78, 5) is 40.0. The van der Waals surface area contributed by atoms with Crippen LogP contribution in [0, 0.1) is 13.8 Å². The van der Waals surface area contributed by atoms with Crippen molar-refractivity contribution < 1.29 is 18.7 Å². The Balaban J connectivity index is 1.71. The lowest BCUT2D eigenvalue weighted by atomic mass is 9.98. The summed E-state index contributed by atoms with van der Waals surface area (Å²) in [5.74, 6) is -0.557. The number of hydrogen-bond acceptors (Lipinski definition) is 5. The van der Waals surface area contributed by atoms with Gasteiger partial charge in [0.1, 0.15) is 11.3 Å². The van der Waals surface area contributed by atoms with Gasteiger partial charge in [-0.1, -0.05) is 29.8 Å². The molecule has 2 N–H and O–H groups in total. The quantitative estimate of drug-likeness (QED) is 0.439. The van der Waals surface area contributed by atoms with E-state index in [9.17, 15) is 14.4 Å². The van der Waals surface area contributed by atoms with Crippen molar-refractivity contribution in [2.45, 2.75) is 19.9 Å². The van der Waals surface area contributed by atoms with E-state index >= 15 is 0 Å². The highest BCUT2D eigenvalue weighted by molar-refractivity contribution is 6.31. The summed E-state index contributed by atoms with van der Waals surface area (Å²) in [6.45, 7) is 3.70. The summed E-state index contributed by atoms with van der Waals surface area (Å²) in [7, 11) is 0. The molecule has 5 rings (SSSR count). The van der Waals surface area contributed by atoms with Gasteiger partial charge in [0.2, 0.25) is 5.76 Å². The second-order valence-corrected chi connectivity index (χ2v) is 8.92. The number of carbonyl (C=O) groups excluding carboxylic acids is 2. The molecule has 35 heavy (non-hydrogen) atoms. The van der Waals surface area contributed by atoms with Gasteiger partial charge in [0.25, 0.3) is 11.8 Å². The van der Waals surface area contributed by atoms with Crippen LogP contribution in [-0.4, -0.2) is 18.4 Å². The van der Waals surface area contributed by atoms with Gasteiger partial charge in [-0.25, -0.2) is 0 Å². The molecule has 0 spiro atoms. The summed E-state index contributed by atoms with van der Waals surface area (Å²) in [6.07, 6.45) is 0. The van der Waals surface area contributed by atoms with E-state index in [1.54, 1.807) is 47.4 Å². The molecule has 0 saturated carbocycles. The molecule has 1 aromatic heterocycles. The second kappa shape index (κ2) is 8.60. The van der Waals surface area contributed by atoms with Gasteiger partial charge in [0.15, 0.2) is 12.0 Å². The number of carbonyl (C=O) groups is 2. The predicted molar refractivity (Wildman–Crippen MR) is 133 cm³/mol. The van der Waals surface area contributed by atoms with Crippen LogP contribution in [0.2, 0.25) is 5.02 Å². The number of primary amides is 1. The molecule has 1 aliphatic heterocycles. The normalized spacial score (nSPS) is 14.9. The lowest BCUT2D eigenvalue weighted by Crippen LogP contribution is -2.29. The van der Waals surface area contributed by atoms with Crippen molar-refractivity contribution >= 4 is 40.1 Å². The molecule has 1 atom stereocenters. The number of amides is 2. The first-order valence-corrected chi connectivity index (χ1v) is 11.3. The van der Waals surface area contributed by atoms with E-state index < -0.39 is 17.9 Å². The van der Waals surface area contributed by atoms with Crippen molar-refractivity contribution in [3.63, 3.8) is 0 Å². The van der Waals surface area contributed by atoms with Gasteiger partial charge in [-0.2, -0.15) is 0 Å². The Bertz CT molecular complexity index is 1560. The average molecular weight is 489 g/mol. The van der Waals surface area contributed by atoms with Crippen molar-refractivity contribution in [1.82, 2.24) is 0 Å². The number of anilines is 1. The fourth-order valence-electron chi connectivity index (χ4n) is 4.30. The third-order valence-electron chi connectivity index (χ3n) is 6.18. The number of halogens is 1. The minimum Gasteiger partial charge on any atom is -0.484 e. The molecule has 3 aromatic carbocycles. The van der Waals surface area contributed by atoms with Gasteiger partial charge < -0.3 is 14.9 Å². The first kappa shape index (κ1) is 22.7. The Hall–Kier alpha value is -4.10. The summed E-state index contributed by atoms with van der Waals surface area (Å²) >= 11 is 6.15. The minimum absolute atomic E-state index is 0.00195. The fourth-order valence-corrected chi connectivity index (χ4v) is 4.48. The molecular formula is C27H21ClN2O5. The molecule has 1 unspecified atom stereocenters. The van der Waals surface area contributed by atoms with Crippen LogP contribution in [0.15, 0.2) is 69.9 Å². The third-order valence-corrected chi connectivity index (χ3v) is 6.41. The number of nitrogens with two attached hydrogens (primary N) is 1. The Morgan fingerprint density at radius 2 is 1.77 bits per heavy atom. The number of rotatable bonds is 5. The molecule has 0 saturated heterocycles. The molecule has 7 nitrogen and oxygen atoms in total. The van der Waals surface area contributed by atoms with E-state index in [0.29, 0.717) is 33.0 Å². The van der Waals surface area contributed by atoms with E-state index in [1.165, 1.54) is 0 Å². The van der Waals surface area contributed by atoms with E-state index in [2.05, 4.69) is 0 Å². The minimum atomic E-state index is -0.732. The van der Waals surface area contributed by atoms with Crippen molar-refractivity contribution in [2.75, 3.05) is 11.5 Å². The zero-order valence-corrected chi connectivity index (χ0v) is 19.8. The number of nitrogens with zero attached hydrogens (tertiary/aromatic N) is 1. The largest absolute Gasteiger partial charge is 0.484 e. The van der Waals surface area contributed by atoms with Gasteiger partial charge in [0, 0.05) is 10.7 Å². The standard InChI is InChI=1S/C27H21ClN2O5/c1-14-3-7-18(11-15(14)2)30-24(16-4-8-19(9-5-16)34-13-22(29)31)23-25(32)20-12-17(28)6-10-21(20)35-26(23)27(30)33/h3-12,24H,13H2,1-2H3,(H2,29,31). The lowest BCUT2D eigenvalue weighted by Gasteiger charge is -2.26. The number of hydrogen-bond donors (Lipinski definition) is 1. The maximum absolute atomic E-state index is 13.7. The van der Waals surface area contributed by atoms with Crippen molar-refractivity contribution in [3.8, 4) is 5.75 Å². The zero-order chi connectivity index (χ0) is 24.9. The summed E-state index contributed by atoms with van der Waals surface area (Å²) < 4.78 is 11.3. The topological polar surface area (TPSA) is 103 Å². The zero-order valence-electron chi connectivity index (χ0n) is 19.0. The van der Waals surface area contributed by atoms with E-state index in [0.717, 1.165) is 11.1 Å². The highest BCUT2D eigenvalue weighted by Crippen LogP contribution is 2.42. The summed E-state index contributed by atoms with van der Waals surface area (Å²) in [6, 6.07) is 16.5. The van der Waals surface area contributed by atoms with Crippen LogP contribution >= 0.6 is 11.6 Å². The Morgan fingerprint density at radius 3 is 2.46 bits per heavy atom. The van der Waals surface area contributed by atoms with Crippen LogP contribution in [0.25, 0.3) is 11.0 Å². The number of ether oxygens (including phenoxy) is 1. The highest BCUT2D eigenvalue weighted by Gasteiger charge is 2.43. The fraction of sp³-hybridized carbons (Fsp3) is 0.148. The SMILES string of the molecule is Cc1ccc(N2C(=O)c3oc4ccc(Cl)cc4c(=O)c3C2c2ccc(OCC(N)=O)cc2)cc1C. The molecule has 176 valence electrons. The van der Waals surface area contributed by atoms with Gasteiger partial charge in [0.05, 0.1) is 17.0 Å². The molecule has 0 fully saturated rings. The van der Waals surface area contributed by atoms with Gasteiger partial charge in [-0.15, -0.1) is 0 Å². The second-order valence-electron chi connectivity index (χ2n) is 8.48. The lowest BCUT2D eigenvalue weighted by molar-refractivity contribution is -0.119. The first-order chi connectivity index (χ1) is 16.7. The molecule has 0 radical (unpaired) electrons. The van der Waals surface area contributed by atoms with Crippen LogP contribution in [0.4, 0.5) is 5.69 Å². The summed E-state index contributed by atoms with van der Waals surface area (Å²) in [5, 5.41) is 0.699. The molecule has 4 aromatic rings. The van der Waals surface area contributed by atoms with Gasteiger partial charge in [-0.05, 0) is 73.0 Å². The molecule has 0 bridgehead atoms. The van der Waals surface area contributed by atoms with Crippen LogP contribution in [0.3, 0.4) is 0 Å². The van der Waals surface area contributed by atoms with Crippen LogP contribution < -0.4 is 20.8 Å². The predicted octanol–water partition coefficient (Wildman–Crippen LogP) is 4.68. The van der Waals surface area contributed by atoms with Crippen molar-refractivity contribution in [1.29, 1.82) is 0 Å². The summed E-state index contributed by atoms with van der Waals surface area (Å²) in [5.41, 5.74) is 8.79. The third kappa shape index (κ3) is 3.94. The smallest absolute Gasteiger partial charge is 0.295 e. The monoisotopic (exact) mass is 488 g/mol. The van der Waals surface area contributed by atoms with Crippen LogP contribution in [-0.2, 0) is 4.79 Å².